The molecule has 0 aromatic heterocycles. The smallest absolute Gasteiger partial charge is 0.321 e. The first-order valence-corrected chi connectivity index (χ1v) is 11.4. The summed E-state index contributed by atoms with van der Waals surface area (Å²) in [6.45, 7) is 6.76. The first-order chi connectivity index (χ1) is 15.6. The third-order valence-corrected chi connectivity index (χ3v) is 5.50. The molecule has 172 valence electrons. The normalized spacial score (nSPS) is 14.0. The molecule has 1 saturated heterocycles. The number of amides is 3. The Labute approximate surface area is 190 Å². The predicted octanol–water partition coefficient (Wildman–Crippen LogP) is 4.09. The average molecular weight is 440 g/mol. The Morgan fingerprint density at radius 1 is 0.969 bits per heavy atom. The lowest BCUT2D eigenvalue weighted by Gasteiger charge is -2.31. The van der Waals surface area contributed by atoms with Gasteiger partial charge in [0.25, 0.3) is 0 Å². The summed E-state index contributed by atoms with van der Waals surface area (Å²) < 4.78 is 11.3. The van der Waals surface area contributed by atoms with Crippen LogP contribution >= 0.6 is 0 Å². The van der Waals surface area contributed by atoms with Gasteiger partial charge in [-0.05, 0) is 62.9 Å². The van der Waals surface area contributed by atoms with Gasteiger partial charge in [-0.25, -0.2) is 4.79 Å². The van der Waals surface area contributed by atoms with Gasteiger partial charge in [0.05, 0.1) is 13.2 Å². The van der Waals surface area contributed by atoms with E-state index in [1.54, 1.807) is 4.90 Å². The molecule has 3 rings (SSSR count). The standard InChI is InChI=1S/C25H33N3O4/c1-3-31-22-11-10-19(18-23(22)32-4-2)12-15-26-24(29)20-13-16-28(17-14-20)25(30)27-21-8-6-5-7-9-21/h5-11,18,20H,3-4,12-17H2,1-2H3,(H,26,29)(H,27,30). The maximum atomic E-state index is 12.6. The molecule has 0 saturated carbocycles. The number of likely N-dealkylation sites (tertiary alicyclic amines) is 1. The molecule has 0 atom stereocenters. The lowest BCUT2D eigenvalue weighted by atomic mass is 9.96. The van der Waals surface area contributed by atoms with Gasteiger partial charge in [-0.2, -0.15) is 0 Å². The number of hydrogen-bond acceptors (Lipinski definition) is 4. The summed E-state index contributed by atoms with van der Waals surface area (Å²) in [6, 6.07) is 15.2. The van der Waals surface area contributed by atoms with Crippen LogP contribution < -0.4 is 20.1 Å². The van der Waals surface area contributed by atoms with Gasteiger partial charge in [-0.3, -0.25) is 4.79 Å². The Morgan fingerprint density at radius 2 is 1.66 bits per heavy atom. The number of piperidine rings is 1. The first kappa shape index (κ1) is 23.4. The Balaban J connectivity index is 1.41. The summed E-state index contributed by atoms with van der Waals surface area (Å²) >= 11 is 0. The van der Waals surface area contributed by atoms with E-state index >= 15 is 0 Å². The number of carbonyl (C=O) groups excluding carboxylic acids is 2. The maximum absolute atomic E-state index is 12.6. The number of carbonyl (C=O) groups is 2. The first-order valence-electron chi connectivity index (χ1n) is 11.4. The Hall–Kier alpha value is -3.22. The van der Waals surface area contributed by atoms with Gasteiger partial charge in [0.2, 0.25) is 5.91 Å². The summed E-state index contributed by atoms with van der Waals surface area (Å²) in [7, 11) is 0. The van der Waals surface area contributed by atoms with E-state index in [1.165, 1.54) is 0 Å². The van der Waals surface area contributed by atoms with Crippen LogP contribution in [-0.2, 0) is 11.2 Å². The van der Waals surface area contributed by atoms with Crippen molar-refractivity contribution < 1.29 is 19.1 Å². The van der Waals surface area contributed by atoms with Gasteiger partial charge in [-0.15, -0.1) is 0 Å². The number of urea groups is 1. The number of benzene rings is 2. The molecular weight excluding hydrogens is 406 g/mol. The lowest BCUT2D eigenvalue weighted by molar-refractivity contribution is -0.126. The highest BCUT2D eigenvalue weighted by atomic mass is 16.5. The fourth-order valence-corrected chi connectivity index (χ4v) is 3.79. The third-order valence-electron chi connectivity index (χ3n) is 5.50. The molecule has 32 heavy (non-hydrogen) atoms. The molecule has 7 nitrogen and oxygen atoms in total. The van der Waals surface area contributed by atoms with Crippen LogP contribution in [0.4, 0.5) is 10.5 Å². The Kier molecular flexibility index (Phi) is 8.78. The van der Waals surface area contributed by atoms with Crippen LogP contribution in [0.2, 0.25) is 0 Å². The highest BCUT2D eigenvalue weighted by molar-refractivity contribution is 5.89. The second-order valence-corrected chi connectivity index (χ2v) is 7.75. The summed E-state index contributed by atoms with van der Waals surface area (Å²) in [6.07, 6.45) is 2.06. The quantitative estimate of drug-likeness (QED) is 0.617. The minimum Gasteiger partial charge on any atom is -0.490 e. The van der Waals surface area contributed by atoms with Crippen molar-refractivity contribution in [1.82, 2.24) is 10.2 Å². The van der Waals surface area contributed by atoms with Crippen molar-refractivity contribution in [2.75, 3.05) is 38.2 Å². The van der Waals surface area contributed by atoms with Crippen LogP contribution in [0.25, 0.3) is 0 Å². The topological polar surface area (TPSA) is 79.9 Å². The van der Waals surface area contributed by atoms with E-state index in [0.717, 1.165) is 29.2 Å². The summed E-state index contributed by atoms with van der Waals surface area (Å²) in [5.41, 5.74) is 1.86. The second-order valence-electron chi connectivity index (χ2n) is 7.75. The van der Waals surface area contributed by atoms with Crippen molar-refractivity contribution in [2.45, 2.75) is 33.1 Å². The molecule has 0 bridgehead atoms. The monoisotopic (exact) mass is 439 g/mol. The summed E-state index contributed by atoms with van der Waals surface area (Å²) in [5, 5.41) is 5.95. The maximum Gasteiger partial charge on any atom is 0.321 e. The largest absolute Gasteiger partial charge is 0.490 e. The SMILES string of the molecule is CCOc1ccc(CCNC(=O)C2CCN(C(=O)Nc3ccccc3)CC2)cc1OCC. The number of nitrogens with zero attached hydrogens (tertiary/aromatic N) is 1. The van der Waals surface area contributed by atoms with E-state index in [0.29, 0.717) is 45.7 Å². The molecule has 1 heterocycles. The van der Waals surface area contributed by atoms with Gasteiger partial charge in [0, 0.05) is 31.2 Å². The number of ether oxygens (including phenoxy) is 2. The molecule has 3 amide bonds. The van der Waals surface area contributed by atoms with Crippen LogP contribution in [0.15, 0.2) is 48.5 Å². The molecule has 2 aromatic carbocycles. The number of anilines is 1. The average Bonchev–Trinajstić information content (AvgIpc) is 2.81. The van der Waals surface area contributed by atoms with Crippen molar-refractivity contribution in [1.29, 1.82) is 0 Å². The summed E-state index contributed by atoms with van der Waals surface area (Å²) in [5.74, 6) is 1.48. The van der Waals surface area contributed by atoms with Crippen molar-refractivity contribution >= 4 is 17.6 Å². The third kappa shape index (κ3) is 6.64. The lowest BCUT2D eigenvalue weighted by Crippen LogP contribution is -2.44. The van der Waals surface area contributed by atoms with Gasteiger partial charge in [-0.1, -0.05) is 24.3 Å². The minimum absolute atomic E-state index is 0.0593. The molecule has 2 aromatic rings. The van der Waals surface area contributed by atoms with Gasteiger partial charge >= 0.3 is 6.03 Å². The molecule has 0 spiro atoms. The van der Waals surface area contributed by atoms with Gasteiger partial charge < -0.3 is 25.0 Å². The second kappa shape index (κ2) is 12.0. The van der Waals surface area contributed by atoms with Crippen LogP contribution in [0, 0.1) is 5.92 Å². The van der Waals surface area contributed by atoms with E-state index in [1.807, 2.05) is 62.4 Å². The molecule has 1 aliphatic rings. The Morgan fingerprint density at radius 3 is 2.34 bits per heavy atom. The van der Waals surface area contributed by atoms with Gasteiger partial charge in [0.1, 0.15) is 0 Å². The van der Waals surface area contributed by atoms with E-state index < -0.39 is 0 Å². The fourth-order valence-electron chi connectivity index (χ4n) is 3.79. The van der Waals surface area contributed by atoms with E-state index in [4.69, 9.17) is 9.47 Å². The van der Waals surface area contributed by atoms with E-state index in [9.17, 15) is 9.59 Å². The van der Waals surface area contributed by atoms with Crippen molar-refractivity contribution in [3.8, 4) is 11.5 Å². The molecule has 2 N–H and O–H groups in total. The van der Waals surface area contributed by atoms with Crippen LogP contribution in [-0.4, -0.2) is 49.7 Å². The van der Waals surface area contributed by atoms with Crippen LogP contribution in [0.5, 0.6) is 11.5 Å². The Bertz CT molecular complexity index is 880. The number of para-hydroxylation sites is 1. The van der Waals surface area contributed by atoms with Crippen LogP contribution in [0.1, 0.15) is 32.3 Å². The number of hydrogen-bond donors (Lipinski definition) is 2. The van der Waals surface area contributed by atoms with Crippen molar-refractivity contribution in [3.05, 3.63) is 54.1 Å². The molecule has 0 unspecified atom stereocenters. The molecule has 1 aliphatic heterocycles. The van der Waals surface area contributed by atoms with Crippen molar-refractivity contribution in [2.24, 2.45) is 5.92 Å². The highest BCUT2D eigenvalue weighted by Gasteiger charge is 2.27. The van der Waals surface area contributed by atoms with Crippen LogP contribution in [0.3, 0.4) is 0 Å². The zero-order valence-corrected chi connectivity index (χ0v) is 18.9. The number of nitrogens with one attached hydrogen (secondary N) is 2. The van der Waals surface area contributed by atoms with Crippen molar-refractivity contribution in [3.63, 3.8) is 0 Å². The molecule has 0 radical (unpaired) electrons. The number of rotatable bonds is 9. The molecule has 7 heteroatoms. The van der Waals surface area contributed by atoms with E-state index in [2.05, 4.69) is 10.6 Å². The van der Waals surface area contributed by atoms with E-state index in [-0.39, 0.29) is 17.9 Å². The molecule has 0 aliphatic carbocycles. The minimum atomic E-state index is -0.115. The zero-order chi connectivity index (χ0) is 22.8. The highest BCUT2D eigenvalue weighted by Crippen LogP contribution is 2.28. The zero-order valence-electron chi connectivity index (χ0n) is 18.9. The van der Waals surface area contributed by atoms with Gasteiger partial charge in [0.15, 0.2) is 11.5 Å². The summed E-state index contributed by atoms with van der Waals surface area (Å²) in [4.78, 5) is 26.8. The molecule has 1 fully saturated rings. The predicted molar refractivity (Wildman–Crippen MR) is 125 cm³/mol. The molecular formula is C25H33N3O4. The fraction of sp³-hybridized carbons (Fsp3) is 0.440.